The van der Waals surface area contributed by atoms with Gasteiger partial charge in [-0.25, -0.2) is 13.8 Å². The predicted molar refractivity (Wildman–Crippen MR) is 107 cm³/mol. The van der Waals surface area contributed by atoms with E-state index in [1.807, 2.05) is 30.5 Å². The molecular weight excluding hydrogens is 376 g/mol. The number of nitrogens with two attached hydrogens (primary N) is 1. The minimum Gasteiger partial charge on any atom is -0.383 e. The minimum absolute atomic E-state index is 0.155. The Labute approximate surface area is 164 Å². The van der Waals surface area contributed by atoms with Crippen LogP contribution in [-0.2, 0) is 6.54 Å². The lowest BCUT2D eigenvalue weighted by molar-refractivity contribution is -0.0876. The fourth-order valence-electron chi connectivity index (χ4n) is 3.72. The van der Waals surface area contributed by atoms with Crippen molar-refractivity contribution in [2.24, 2.45) is 0 Å². The number of benzene rings is 1. The maximum atomic E-state index is 13.1. The van der Waals surface area contributed by atoms with Crippen LogP contribution in [-0.4, -0.2) is 31.1 Å². The molecule has 0 bridgehead atoms. The number of fused-ring (bicyclic) bond motifs is 1. The Morgan fingerprint density at radius 3 is 2.90 bits per heavy atom. The number of alkyl halides is 2. The standard InChI is InChI=1S/C20H19F2N7/c21-20(22)7-12(8-20)16-6-17(29-28-16)14-10-26-19(27-18(14)23)25-9-11-2-1-3-15-13(11)4-5-24-15/h1-6,10,12,24H,7-9H2,(H,28,29)(H3,23,25,26,27). The van der Waals surface area contributed by atoms with Crippen LogP contribution in [0.2, 0.25) is 0 Å². The number of nitrogen functional groups attached to an aromatic ring is 1. The lowest BCUT2D eigenvalue weighted by Crippen LogP contribution is -2.33. The van der Waals surface area contributed by atoms with Gasteiger partial charge in [-0.2, -0.15) is 10.1 Å². The second kappa shape index (κ2) is 6.54. The van der Waals surface area contributed by atoms with E-state index < -0.39 is 5.92 Å². The largest absolute Gasteiger partial charge is 0.383 e. The summed E-state index contributed by atoms with van der Waals surface area (Å²) < 4.78 is 26.2. The lowest BCUT2D eigenvalue weighted by Gasteiger charge is -2.33. The third-order valence-corrected chi connectivity index (χ3v) is 5.34. The highest BCUT2D eigenvalue weighted by atomic mass is 19.3. The summed E-state index contributed by atoms with van der Waals surface area (Å²) in [5.41, 5.74) is 10.1. The van der Waals surface area contributed by atoms with Crippen molar-refractivity contribution in [1.82, 2.24) is 25.1 Å². The number of halogens is 2. The molecule has 7 nitrogen and oxygen atoms in total. The van der Waals surface area contributed by atoms with E-state index in [0.29, 0.717) is 29.4 Å². The number of aromatic nitrogens is 5. The number of aromatic amines is 2. The van der Waals surface area contributed by atoms with Crippen molar-refractivity contribution in [2.45, 2.75) is 31.2 Å². The first-order chi connectivity index (χ1) is 14.0. The molecule has 1 aliphatic carbocycles. The van der Waals surface area contributed by atoms with Crippen LogP contribution < -0.4 is 11.1 Å². The predicted octanol–water partition coefficient (Wildman–Crippen LogP) is 4.06. The average molecular weight is 395 g/mol. The van der Waals surface area contributed by atoms with Gasteiger partial charge >= 0.3 is 0 Å². The molecule has 3 heterocycles. The molecule has 5 rings (SSSR count). The Morgan fingerprint density at radius 1 is 1.24 bits per heavy atom. The SMILES string of the molecule is Nc1nc(NCc2cccc3[nH]ccc23)ncc1-c1cc(C2CC(F)(F)C2)[nH]n1. The highest BCUT2D eigenvalue weighted by Gasteiger charge is 2.46. The van der Waals surface area contributed by atoms with Gasteiger partial charge in [-0.1, -0.05) is 12.1 Å². The highest BCUT2D eigenvalue weighted by molar-refractivity contribution is 5.83. The molecule has 0 aliphatic heterocycles. The second-order valence-electron chi connectivity index (χ2n) is 7.37. The number of rotatable bonds is 5. The Hall–Kier alpha value is -3.49. The van der Waals surface area contributed by atoms with Crippen LogP contribution in [0.1, 0.15) is 30.0 Å². The molecule has 5 N–H and O–H groups in total. The first-order valence-corrected chi connectivity index (χ1v) is 9.33. The molecule has 1 aliphatic rings. The van der Waals surface area contributed by atoms with E-state index in [9.17, 15) is 8.78 Å². The van der Waals surface area contributed by atoms with Crippen LogP contribution in [0.3, 0.4) is 0 Å². The topological polar surface area (TPSA) is 108 Å². The maximum Gasteiger partial charge on any atom is 0.249 e. The molecule has 0 radical (unpaired) electrons. The van der Waals surface area contributed by atoms with Crippen molar-refractivity contribution in [2.75, 3.05) is 11.1 Å². The quantitative estimate of drug-likeness (QED) is 0.408. The van der Waals surface area contributed by atoms with Crippen LogP contribution in [0.15, 0.2) is 42.7 Å². The molecule has 1 saturated carbocycles. The summed E-state index contributed by atoms with van der Waals surface area (Å²) in [5, 5.41) is 11.3. The Kier molecular flexibility index (Phi) is 3.97. The second-order valence-corrected chi connectivity index (χ2v) is 7.37. The third-order valence-electron chi connectivity index (χ3n) is 5.34. The zero-order valence-corrected chi connectivity index (χ0v) is 15.4. The number of hydrogen-bond acceptors (Lipinski definition) is 5. The smallest absolute Gasteiger partial charge is 0.249 e. The first-order valence-electron chi connectivity index (χ1n) is 9.33. The maximum absolute atomic E-state index is 13.1. The molecule has 9 heteroatoms. The molecule has 1 fully saturated rings. The van der Waals surface area contributed by atoms with Crippen molar-refractivity contribution in [3.63, 3.8) is 0 Å². The van der Waals surface area contributed by atoms with Crippen LogP contribution in [0.4, 0.5) is 20.5 Å². The summed E-state index contributed by atoms with van der Waals surface area (Å²) in [6.07, 6.45) is 3.19. The fourth-order valence-corrected chi connectivity index (χ4v) is 3.72. The Morgan fingerprint density at radius 2 is 2.10 bits per heavy atom. The normalized spacial score (nSPS) is 16.1. The van der Waals surface area contributed by atoms with Crippen LogP contribution in [0.25, 0.3) is 22.2 Å². The van der Waals surface area contributed by atoms with Crippen molar-refractivity contribution in [3.05, 3.63) is 54.0 Å². The van der Waals surface area contributed by atoms with Gasteiger partial charge in [-0.05, 0) is 23.8 Å². The van der Waals surface area contributed by atoms with Crippen molar-refractivity contribution >= 4 is 22.7 Å². The molecular formula is C20H19F2N7. The Bertz CT molecular complexity index is 1170. The summed E-state index contributed by atoms with van der Waals surface area (Å²) >= 11 is 0. The number of nitrogens with one attached hydrogen (secondary N) is 3. The van der Waals surface area contributed by atoms with Crippen molar-refractivity contribution in [3.8, 4) is 11.3 Å². The fraction of sp³-hybridized carbons (Fsp3) is 0.250. The molecule has 0 amide bonds. The highest BCUT2D eigenvalue weighted by Crippen LogP contribution is 2.48. The van der Waals surface area contributed by atoms with Crippen molar-refractivity contribution in [1.29, 1.82) is 0 Å². The molecule has 148 valence electrons. The van der Waals surface area contributed by atoms with Gasteiger partial charge in [0.25, 0.3) is 0 Å². The van der Waals surface area contributed by atoms with Crippen molar-refractivity contribution < 1.29 is 8.78 Å². The molecule has 0 atom stereocenters. The van der Waals surface area contributed by atoms with E-state index in [0.717, 1.165) is 16.5 Å². The summed E-state index contributed by atoms with van der Waals surface area (Å²) in [5.74, 6) is -2.09. The zero-order chi connectivity index (χ0) is 20.0. The molecule has 4 aromatic rings. The van der Waals surface area contributed by atoms with Gasteiger partial charge < -0.3 is 16.0 Å². The summed E-state index contributed by atoms with van der Waals surface area (Å²) in [6, 6.07) is 9.81. The minimum atomic E-state index is -2.57. The molecule has 0 spiro atoms. The van der Waals surface area contributed by atoms with Gasteiger partial charge in [-0.3, -0.25) is 5.10 Å². The van der Waals surface area contributed by atoms with E-state index >= 15 is 0 Å². The van der Waals surface area contributed by atoms with E-state index in [2.05, 4.69) is 30.5 Å². The molecule has 3 aromatic heterocycles. The number of nitrogens with zero attached hydrogens (tertiary/aromatic N) is 3. The average Bonchev–Trinajstić information content (AvgIpc) is 3.34. The number of anilines is 2. The van der Waals surface area contributed by atoms with E-state index in [-0.39, 0.29) is 24.6 Å². The van der Waals surface area contributed by atoms with E-state index in [4.69, 9.17) is 5.73 Å². The molecule has 0 unspecified atom stereocenters. The van der Waals surface area contributed by atoms with Gasteiger partial charge in [0.1, 0.15) is 5.82 Å². The van der Waals surface area contributed by atoms with Gasteiger partial charge in [0, 0.05) is 54.3 Å². The number of hydrogen-bond donors (Lipinski definition) is 4. The molecule has 0 saturated heterocycles. The van der Waals surface area contributed by atoms with Crippen LogP contribution in [0.5, 0.6) is 0 Å². The van der Waals surface area contributed by atoms with E-state index in [1.165, 1.54) is 0 Å². The first kappa shape index (κ1) is 17.6. The molecule has 29 heavy (non-hydrogen) atoms. The lowest BCUT2D eigenvalue weighted by atomic mass is 9.79. The number of H-pyrrole nitrogens is 2. The van der Waals surface area contributed by atoms with Gasteiger partial charge in [0.15, 0.2) is 0 Å². The van der Waals surface area contributed by atoms with Crippen LogP contribution >= 0.6 is 0 Å². The summed E-state index contributed by atoms with van der Waals surface area (Å²) in [6.45, 7) is 0.552. The van der Waals surface area contributed by atoms with E-state index in [1.54, 1.807) is 12.3 Å². The summed E-state index contributed by atoms with van der Waals surface area (Å²) in [7, 11) is 0. The third kappa shape index (κ3) is 3.28. The monoisotopic (exact) mass is 395 g/mol. The van der Waals surface area contributed by atoms with Gasteiger partial charge in [0.05, 0.1) is 11.3 Å². The van der Waals surface area contributed by atoms with Crippen LogP contribution in [0, 0.1) is 0 Å². The molecule has 1 aromatic carbocycles. The van der Waals surface area contributed by atoms with Gasteiger partial charge in [-0.15, -0.1) is 0 Å². The Balaban J connectivity index is 1.31. The summed E-state index contributed by atoms with van der Waals surface area (Å²) in [4.78, 5) is 11.8. The van der Waals surface area contributed by atoms with Gasteiger partial charge in [0.2, 0.25) is 11.9 Å². The zero-order valence-electron chi connectivity index (χ0n) is 15.4.